The first kappa shape index (κ1) is 17.9. The number of piperidine rings is 1. The number of aliphatic carboxylic acids is 1. The van der Waals surface area contributed by atoms with E-state index in [4.69, 9.17) is 21.4 Å². The van der Waals surface area contributed by atoms with Gasteiger partial charge in [-0.15, -0.1) is 0 Å². The Morgan fingerprint density at radius 1 is 1.48 bits per heavy atom. The zero-order chi connectivity index (χ0) is 17.4. The smallest absolute Gasteiger partial charge is 0.312 e. The molecule has 1 aliphatic heterocycles. The third-order valence-electron chi connectivity index (χ3n) is 3.61. The van der Waals surface area contributed by atoms with Crippen LogP contribution < -0.4 is 4.74 Å². The van der Waals surface area contributed by atoms with Crippen LogP contribution in [0.1, 0.15) is 6.42 Å². The van der Waals surface area contributed by atoms with Crippen molar-refractivity contribution in [3.05, 3.63) is 23.2 Å². The fraction of sp³-hybridized carbons (Fsp3) is 0.462. The average molecular weight is 370 g/mol. The van der Waals surface area contributed by atoms with Crippen LogP contribution in [-0.4, -0.2) is 49.9 Å². The highest BCUT2D eigenvalue weighted by molar-refractivity contribution is 7.89. The summed E-state index contributed by atoms with van der Waals surface area (Å²) >= 11 is 5.76. The van der Waals surface area contributed by atoms with Gasteiger partial charge in [0.25, 0.3) is 5.92 Å². The first-order valence-corrected chi connectivity index (χ1v) is 8.35. The van der Waals surface area contributed by atoms with Crippen LogP contribution in [0.25, 0.3) is 0 Å². The summed E-state index contributed by atoms with van der Waals surface area (Å²) in [5.74, 6) is -7.27. The maximum Gasteiger partial charge on any atom is 0.312 e. The Bertz CT molecular complexity index is 725. The number of nitrogens with zero attached hydrogens (tertiary/aromatic N) is 1. The molecule has 0 aromatic heterocycles. The highest BCUT2D eigenvalue weighted by Crippen LogP contribution is 2.37. The van der Waals surface area contributed by atoms with Crippen LogP contribution in [-0.2, 0) is 14.8 Å². The van der Waals surface area contributed by atoms with Crippen molar-refractivity contribution in [1.29, 1.82) is 0 Å². The molecular weight excluding hydrogens is 356 g/mol. The van der Waals surface area contributed by atoms with Crippen molar-refractivity contribution in [3.8, 4) is 5.75 Å². The van der Waals surface area contributed by atoms with E-state index in [0.29, 0.717) is 4.31 Å². The molecule has 2 rings (SSSR count). The molecule has 128 valence electrons. The second kappa shape index (κ2) is 6.21. The van der Waals surface area contributed by atoms with Crippen molar-refractivity contribution < 1.29 is 31.8 Å². The van der Waals surface area contributed by atoms with Crippen LogP contribution in [0.5, 0.6) is 5.75 Å². The molecule has 6 nitrogen and oxygen atoms in total. The Balaban J connectivity index is 2.37. The van der Waals surface area contributed by atoms with Gasteiger partial charge in [-0.05, 0) is 18.6 Å². The van der Waals surface area contributed by atoms with E-state index >= 15 is 0 Å². The van der Waals surface area contributed by atoms with E-state index in [-0.39, 0.29) is 22.2 Å². The molecule has 1 unspecified atom stereocenters. The van der Waals surface area contributed by atoms with Gasteiger partial charge >= 0.3 is 5.97 Å². The van der Waals surface area contributed by atoms with Crippen molar-refractivity contribution in [2.45, 2.75) is 17.2 Å². The van der Waals surface area contributed by atoms with Gasteiger partial charge in [-0.25, -0.2) is 17.2 Å². The fourth-order valence-corrected chi connectivity index (χ4v) is 4.18. The van der Waals surface area contributed by atoms with Gasteiger partial charge in [0.1, 0.15) is 16.6 Å². The summed E-state index contributed by atoms with van der Waals surface area (Å²) in [5.41, 5.74) is 0. The second-order valence-electron chi connectivity index (χ2n) is 5.07. The molecule has 1 aromatic carbocycles. The number of benzene rings is 1. The number of hydrogen-bond acceptors (Lipinski definition) is 4. The predicted octanol–water partition coefficient (Wildman–Crippen LogP) is 2.08. The number of sulfonamides is 1. The van der Waals surface area contributed by atoms with E-state index in [1.165, 1.54) is 19.2 Å². The van der Waals surface area contributed by atoms with Gasteiger partial charge in [0.15, 0.2) is 0 Å². The van der Waals surface area contributed by atoms with Crippen LogP contribution in [0.2, 0.25) is 5.02 Å². The Kier molecular flexibility index (Phi) is 4.84. The monoisotopic (exact) mass is 369 g/mol. The Morgan fingerprint density at radius 2 is 2.13 bits per heavy atom. The summed E-state index contributed by atoms with van der Waals surface area (Å²) in [6.07, 6.45) is -0.475. The first-order chi connectivity index (χ1) is 10.6. The Labute approximate surface area is 136 Å². The molecule has 0 bridgehead atoms. The molecule has 1 N–H and O–H groups in total. The van der Waals surface area contributed by atoms with E-state index < -0.39 is 40.8 Å². The van der Waals surface area contributed by atoms with Crippen LogP contribution in [0.3, 0.4) is 0 Å². The van der Waals surface area contributed by atoms with Gasteiger partial charge in [-0.3, -0.25) is 4.79 Å². The molecule has 1 atom stereocenters. The third-order valence-corrected chi connectivity index (χ3v) is 5.73. The number of carbonyl (C=O) groups is 1. The summed E-state index contributed by atoms with van der Waals surface area (Å²) in [5, 5.41) is 9.04. The summed E-state index contributed by atoms with van der Waals surface area (Å²) in [7, 11) is -3.03. The minimum absolute atomic E-state index is 0.0684. The lowest BCUT2D eigenvalue weighted by Crippen LogP contribution is -2.52. The number of methoxy groups -OCH3 is 1. The van der Waals surface area contributed by atoms with Crippen molar-refractivity contribution in [1.82, 2.24) is 4.31 Å². The van der Waals surface area contributed by atoms with Gasteiger partial charge in [0, 0.05) is 17.6 Å². The molecule has 23 heavy (non-hydrogen) atoms. The standard InChI is InChI=1S/C13H14ClF2NO5S/c1-22-10-6-8(14)2-3-11(10)23(20,21)17-5-4-9(12(18)19)13(15,16)7-17/h2-3,6,9H,4-5,7H2,1H3,(H,18,19). The summed E-state index contributed by atoms with van der Waals surface area (Å²) in [6, 6.07) is 3.73. The third kappa shape index (κ3) is 3.41. The average Bonchev–Trinajstić information content (AvgIpc) is 2.45. The molecule has 0 aliphatic carbocycles. The minimum Gasteiger partial charge on any atom is -0.495 e. The molecule has 10 heteroatoms. The molecule has 0 amide bonds. The van der Waals surface area contributed by atoms with E-state index in [1.54, 1.807) is 0 Å². The zero-order valence-corrected chi connectivity index (χ0v) is 13.6. The van der Waals surface area contributed by atoms with Gasteiger partial charge in [-0.2, -0.15) is 4.31 Å². The fourth-order valence-electron chi connectivity index (χ4n) is 2.41. The molecule has 0 spiro atoms. The number of hydrogen-bond donors (Lipinski definition) is 1. The summed E-state index contributed by atoms with van der Waals surface area (Å²) in [4.78, 5) is 10.6. The molecule has 0 radical (unpaired) electrons. The number of alkyl halides is 2. The summed E-state index contributed by atoms with van der Waals surface area (Å²) < 4.78 is 58.5. The van der Waals surface area contributed by atoms with E-state index in [1.807, 2.05) is 0 Å². The van der Waals surface area contributed by atoms with Crippen LogP contribution in [0, 0.1) is 5.92 Å². The first-order valence-electron chi connectivity index (χ1n) is 6.54. The molecule has 0 saturated carbocycles. The number of rotatable bonds is 4. The lowest BCUT2D eigenvalue weighted by Gasteiger charge is -2.35. The SMILES string of the molecule is COc1cc(Cl)ccc1S(=O)(=O)N1CCC(C(=O)O)C(F)(F)C1. The van der Waals surface area contributed by atoms with Crippen LogP contribution in [0.15, 0.2) is 23.1 Å². The van der Waals surface area contributed by atoms with Crippen molar-refractivity contribution in [2.24, 2.45) is 5.92 Å². The highest BCUT2D eigenvalue weighted by atomic mass is 35.5. The lowest BCUT2D eigenvalue weighted by atomic mass is 9.94. The normalized spacial score (nSPS) is 21.8. The number of ether oxygens (including phenoxy) is 1. The second-order valence-corrected chi connectivity index (χ2v) is 7.42. The van der Waals surface area contributed by atoms with Crippen molar-refractivity contribution in [2.75, 3.05) is 20.2 Å². The molecule has 1 fully saturated rings. The Hall–Kier alpha value is -1.45. The maximum absolute atomic E-state index is 13.9. The predicted molar refractivity (Wildman–Crippen MR) is 77.5 cm³/mol. The van der Waals surface area contributed by atoms with Gasteiger partial charge in [0.2, 0.25) is 10.0 Å². The molecule has 1 aliphatic rings. The van der Waals surface area contributed by atoms with E-state index in [2.05, 4.69) is 0 Å². The van der Waals surface area contributed by atoms with E-state index in [9.17, 15) is 22.0 Å². The number of halogens is 3. The highest BCUT2D eigenvalue weighted by Gasteiger charge is 2.51. The van der Waals surface area contributed by atoms with E-state index in [0.717, 1.165) is 6.07 Å². The largest absolute Gasteiger partial charge is 0.495 e. The van der Waals surface area contributed by atoms with Crippen molar-refractivity contribution >= 4 is 27.6 Å². The maximum atomic E-state index is 13.9. The topological polar surface area (TPSA) is 83.9 Å². The van der Waals surface area contributed by atoms with Gasteiger partial charge in [0.05, 0.1) is 13.7 Å². The van der Waals surface area contributed by atoms with Gasteiger partial charge in [-0.1, -0.05) is 11.6 Å². The molecule has 1 saturated heterocycles. The minimum atomic E-state index is -4.26. The number of carboxylic acids is 1. The van der Waals surface area contributed by atoms with Crippen molar-refractivity contribution in [3.63, 3.8) is 0 Å². The summed E-state index contributed by atoms with van der Waals surface area (Å²) in [6.45, 7) is -1.52. The van der Waals surface area contributed by atoms with Crippen LogP contribution in [0.4, 0.5) is 8.78 Å². The van der Waals surface area contributed by atoms with Gasteiger partial charge < -0.3 is 9.84 Å². The lowest BCUT2D eigenvalue weighted by molar-refractivity contribution is -0.163. The zero-order valence-electron chi connectivity index (χ0n) is 12.0. The Morgan fingerprint density at radius 3 is 2.65 bits per heavy atom. The number of carboxylic acid groups (broad SMARTS) is 1. The quantitative estimate of drug-likeness (QED) is 0.878. The van der Waals surface area contributed by atoms with Crippen LogP contribution >= 0.6 is 11.6 Å². The molecular formula is C13H14ClF2NO5S. The molecule has 1 heterocycles. The molecule has 1 aromatic rings.